The highest BCUT2D eigenvalue weighted by molar-refractivity contribution is 5.72. The minimum absolute atomic E-state index is 0.0965. The van der Waals surface area contributed by atoms with Gasteiger partial charge in [0.1, 0.15) is 12.7 Å². The van der Waals surface area contributed by atoms with Crippen LogP contribution < -0.4 is 0 Å². The van der Waals surface area contributed by atoms with Crippen molar-refractivity contribution in [2.24, 2.45) is 0 Å². The number of likely N-dealkylation sites (N-methyl/N-ethyl adjacent to an activating group) is 2. The molecule has 0 radical (unpaired) electrons. The van der Waals surface area contributed by atoms with Crippen LogP contribution >= 0.6 is 0 Å². The lowest BCUT2D eigenvalue weighted by Crippen LogP contribution is -2.33. The molecule has 1 atom stereocenters. The third-order valence-electron chi connectivity index (χ3n) is 2.50. The molecule has 6 heteroatoms. The molecule has 6 nitrogen and oxygen atoms in total. The van der Waals surface area contributed by atoms with E-state index in [2.05, 4.69) is 0 Å². The molecule has 0 spiro atoms. The first kappa shape index (κ1) is 17.9. The lowest BCUT2D eigenvalue weighted by molar-refractivity contribution is -0.158. The van der Waals surface area contributed by atoms with Gasteiger partial charge in [0.15, 0.2) is 0 Å². The maximum Gasteiger partial charge on any atom is 0.320 e. The van der Waals surface area contributed by atoms with Crippen LogP contribution in [0.1, 0.15) is 20.8 Å². The van der Waals surface area contributed by atoms with Crippen molar-refractivity contribution >= 4 is 11.9 Å². The highest BCUT2D eigenvalue weighted by Gasteiger charge is 2.14. The molecule has 19 heavy (non-hydrogen) atoms. The van der Waals surface area contributed by atoms with E-state index >= 15 is 0 Å². The summed E-state index contributed by atoms with van der Waals surface area (Å²) in [6.45, 7) is 7.88. The summed E-state index contributed by atoms with van der Waals surface area (Å²) in [5, 5.41) is 0. The Morgan fingerprint density at radius 1 is 1.05 bits per heavy atom. The van der Waals surface area contributed by atoms with Gasteiger partial charge in [0.05, 0.1) is 13.1 Å². The summed E-state index contributed by atoms with van der Waals surface area (Å²) in [5.74, 6) is -0.614. The monoisotopic (exact) mass is 274 g/mol. The average Bonchev–Trinajstić information content (AvgIpc) is 2.32. The van der Waals surface area contributed by atoms with Crippen LogP contribution in [0.2, 0.25) is 0 Å². The summed E-state index contributed by atoms with van der Waals surface area (Å²) >= 11 is 0. The minimum Gasteiger partial charge on any atom is -0.461 e. The summed E-state index contributed by atoms with van der Waals surface area (Å²) in [6.07, 6.45) is -0.423. The van der Waals surface area contributed by atoms with Crippen LogP contribution in [0.4, 0.5) is 0 Å². The van der Waals surface area contributed by atoms with Crippen molar-refractivity contribution < 1.29 is 19.1 Å². The molecule has 0 rings (SSSR count). The predicted molar refractivity (Wildman–Crippen MR) is 72.9 cm³/mol. The zero-order valence-electron chi connectivity index (χ0n) is 12.6. The van der Waals surface area contributed by atoms with E-state index in [9.17, 15) is 9.59 Å². The minimum atomic E-state index is -0.423. The Morgan fingerprint density at radius 3 is 2.11 bits per heavy atom. The van der Waals surface area contributed by atoms with Crippen LogP contribution in [0.25, 0.3) is 0 Å². The van der Waals surface area contributed by atoms with Gasteiger partial charge in [-0.3, -0.25) is 19.4 Å². The molecule has 0 fully saturated rings. The van der Waals surface area contributed by atoms with Gasteiger partial charge in [0.2, 0.25) is 0 Å². The van der Waals surface area contributed by atoms with Crippen molar-refractivity contribution in [2.75, 3.05) is 46.9 Å². The molecule has 112 valence electrons. The molecule has 0 aromatic rings. The Morgan fingerprint density at radius 2 is 1.63 bits per heavy atom. The first-order valence-electron chi connectivity index (χ1n) is 6.61. The van der Waals surface area contributed by atoms with E-state index in [0.717, 1.165) is 13.1 Å². The van der Waals surface area contributed by atoms with Crippen molar-refractivity contribution in [3.05, 3.63) is 0 Å². The highest BCUT2D eigenvalue weighted by atomic mass is 16.6. The molecule has 0 aliphatic carbocycles. The van der Waals surface area contributed by atoms with E-state index in [0.29, 0.717) is 0 Å². The van der Waals surface area contributed by atoms with Crippen LogP contribution in [0, 0.1) is 0 Å². The SMILES string of the molecule is CCN(CC)CC(=O)OCC(C)OC(=O)CN(C)C. The van der Waals surface area contributed by atoms with E-state index in [-0.39, 0.29) is 31.6 Å². The lowest BCUT2D eigenvalue weighted by Gasteiger charge is -2.18. The average molecular weight is 274 g/mol. The Kier molecular flexibility index (Phi) is 9.16. The fourth-order valence-corrected chi connectivity index (χ4v) is 1.44. The number of ether oxygens (including phenoxy) is 2. The molecule has 0 aliphatic rings. The first-order chi connectivity index (χ1) is 8.88. The Hall–Kier alpha value is -1.14. The fraction of sp³-hybridized carbons (Fsp3) is 0.846. The van der Waals surface area contributed by atoms with Crippen molar-refractivity contribution in [1.29, 1.82) is 0 Å². The maximum absolute atomic E-state index is 11.5. The smallest absolute Gasteiger partial charge is 0.320 e. The number of carbonyl (C=O) groups excluding carboxylic acids is 2. The van der Waals surface area contributed by atoms with E-state index < -0.39 is 6.10 Å². The Balaban J connectivity index is 3.86. The van der Waals surface area contributed by atoms with Crippen molar-refractivity contribution in [2.45, 2.75) is 26.9 Å². The third kappa shape index (κ3) is 9.44. The second kappa shape index (κ2) is 9.75. The fourth-order valence-electron chi connectivity index (χ4n) is 1.44. The van der Waals surface area contributed by atoms with Gasteiger partial charge >= 0.3 is 11.9 Å². The van der Waals surface area contributed by atoms with Gasteiger partial charge in [-0.25, -0.2) is 0 Å². The number of hydrogen-bond acceptors (Lipinski definition) is 6. The van der Waals surface area contributed by atoms with E-state index in [1.165, 1.54) is 0 Å². The van der Waals surface area contributed by atoms with Crippen LogP contribution in [0.3, 0.4) is 0 Å². The summed E-state index contributed by atoms with van der Waals surface area (Å²) in [7, 11) is 3.58. The van der Waals surface area contributed by atoms with Gasteiger partial charge in [-0.2, -0.15) is 0 Å². The summed E-state index contributed by atoms with van der Waals surface area (Å²) in [6, 6.07) is 0. The molecule has 0 saturated heterocycles. The molecule has 0 amide bonds. The summed E-state index contributed by atoms with van der Waals surface area (Å²) < 4.78 is 10.2. The number of rotatable bonds is 9. The molecule has 0 bridgehead atoms. The molecule has 0 aliphatic heterocycles. The number of hydrogen-bond donors (Lipinski definition) is 0. The summed E-state index contributed by atoms with van der Waals surface area (Å²) in [5.41, 5.74) is 0. The molecule has 0 heterocycles. The molecular formula is C13H26N2O4. The Bertz CT molecular complexity index is 278. The molecule has 1 unspecified atom stereocenters. The van der Waals surface area contributed by atoms with Gasteiger partial charge in [-0.05, 0) is 34.1 Å². The van der Waals surface area contributed by atoms with E-state index in [1.54, 1.807) is 25.9 Å². The van der Waals surface area contributed by atoms with Crippen LogP contribution in [0.15, 0.2) is 0 Å². The van der Waals surface area contributed by atoms with Crippen molar-refractivity contribution in [1.82, 2.24) is 9.80 Å². The van der Waals surface area contributed by atoms with Crippen molar-refractivity contribution in [3.8, 4) is 0 Å². The first-order valence-corrected chi connectivity index (χ1v) is 6.61. The van der Waals surface area contributed by atoms with E-state index in [1.807, 2.05) is 18.7 Å². The number of esters is 2. The van der Waals surface area contributed by atoms with Crippen LogP contribution in [-0.2, 0) is 19.1 Å². The normalized spacial score (nSPS) is 12.6. The lowest BCUT2D eigenvalue weighted by atomic mass is 10.4. The highest BCUT2D eigenvalue weighted by Crippen LogP contribution is 1.96. The molecular weight excluding hydrogens is 248 g/mol. The summed E-state index contributed by atoms with van der Waals surface area (Å²) in [4.78, 5) is 26.6. The molecule has 0 N–H and O–H groups in total. The van der Waals surface area contributed by atoms with Gasteiger partial charge < -0.3 is 9.47 Å². The predicted octanol–water partition coefficient (Wildman–Crippen LogP) is 0.365. The van der Waals surface area contributed by atoms with Crippen molar-refractivity contribution in [3.63, 3.8) is 0 Å². The maximum atomic E-state index is 11.5. The van der Waals surface area contributed by atoms with E-state index in [4.69, 9.17) is 9.47 Å². The molecule has 0 saturated carbocycles. The molecule has 0 aromatic heterocycles. The molecule has 0 aromatic carbocycles. The van der Waals surface area contributed by atoms with Gasteiger partial charge in [0, 0.05) is 0 Å². The zero-order valence-corrected chi connectivity index (χ0v) is 12.6. The topological polar surface area (TPSA) is 59.1 Å². The van der Waals surface area contributed by atoms with Crippen LogP contribution in [0.5, 0.6) is 0 Å². The van der Waals surface area contributed by atoms with Crippen LogP contribution in [-0.4, -0.2) is 74.7 Å². The number of nitrogens with zero attached hydrogens (tertiary/aromatic N) is 2. The quantitative estimate of drug-likeness (QED) is 0.566. The second-order valence-electron chi connectivity index (χ2n) is 4.68. The zero-order chi connectivity index (χ0) is 14.8. The third-order valence-corrected chi connectivity index (χ3v) is 2.50. The van der Waals surface area contributed by atoms with Gasteiger partial charge in [-0.15, -0.1) is 0 Å². The standard InChI is InChI=1S/C13H26N2O4/c1-6-15(7-2)9-12(16)18-10-11(3)19-13(17)8-14(4)5/h11H,6-10H2,1-5H3. The second-order valence-corrected chi connectivity index (χ2v) is 4.68. The number of carbonyl (C=O) groups is 2. The Labute approximate surface area is 115 Å². The largest absolute Gasteiger partial charge is 0.461 e. The van der Waals surface area contributed by atoms with Gasteiger partial charge in [0.25, 0.3) is 0 Å². The van der Waals surface area contributed by atoms with Gasteiger partial charge in [-0.1, -0.05) is 13.8 Å².